The molecule has 0 aliphatic rings. The fourth-order valence-electron chi connectivity index (χ4n) is 1.10. The summed E-state index contributed by atoms with van der Waals surface area (Å²) < 4.78 is 13.3. The summed E-state index contributed by atoms with van der Waals surface area (Å²) in [6.45, 7) is 1.79. The highest BCUT2D eigenvalue weighted by molar-refractivity contribution is 6.30. The summed E-state index contributed by atoms with van der Waals surface area (Å²) in [5, 5.41) is 0.127. The highest BCUT2D eigenvalue weighted by Crippen LogP contribution is 2.22. The van der Waals surface area contributed by atoms with Crippen LogP contribution in [0.1, 0.15) is 18.5 Å². The minimum absolute atomic E-state index is 0.127. The number of rotatable bonds is 3. The molecule has 0 heterocycles. The van der Waals surface area contributed by atoms with Crippen molar-refractivity contribution in [2.45, 2.75) is 13.0 Å². The second kappa shape index (κ2) is 4.56. The Morgan fingerprint density at radius 3 is 2.85 bits per heavy atom. The van der Waals surface area contributed by atoms with Crippen LogP contribution in [0.2, 0.25) is 5.02 Å². The van der Waals surface area contributed by atoms with Crippen molar-refractivity contribution in [3.63, 3.8) is 0 Å². The summed E-state index contributed by atoms with van der Waals surface area (Å²) in [6.07, 6.45) is 0. The number of hydrogen-bond acceptors (Lipinski definition) is 2. The van der Waals surface area contributed by atoms with E-state index >= 15 is 0 Å². The van der Waals surface area contributed by atoms with E-state index in [4.69, 9.17) is 16.4 Å². The van der Waals surface area contributed by atoms with Gasteiger partial charge in [0.2, 0.25) is 0 Å². The summed E-state index contributed by atoms with van der Waals surface area (Å²) in [6, 6.07) is 4.66. The number of halogens is 2. The molecule has 72 valence electrons. The molecule has 0 fully saturated rings. The summed E-state index contributed by atoms with van der Waals surface area (Å²) >= 11 is 5.61. The molecular formula is C9H11ClFNO. The minimum Gasteiger partial charge on any atom is -0.305 e. The maximum absolute atomic E-state index is 13.3. The normalized spacial score (nSPS) is 12.9. The Labute approximate surface area is 81.6 Å². The molecule has 13 heavy (non-hydrogen) atoms. The molecule has 1 aromatic rings. The Kier molecular flexibility index (Phi) is 3.66. The quantitative estimate of drug-likeness (QED) is 0.763. The van der Waals surface area contributed by atoms with Crippen LogP contribution in [0.3, 0.4) is 0 Å². The van der Waals surface area contributed by atoms with Crippen LogP contribution in [0.5, 0.6) is 0 Å². The fraction of sp³-hybridized carbons (Fsp3) is 0.333. The Hall–Kier alpha value is -0.640. The van der Waals surface area contributed by atoms with Crippen LogP contribution in [0.4, 0.5) is 4.39 Å². The van der Waals surface area contributed by atoms with Gasteiger partial charge in [-0.1, -0.05) is 23.7 Å². The average Bonchev–Trinajstić information content (AvgIpc) is 2.10. The third-order valence-corrected chi connectivity index (χ3v) is 2.03. The summed E-state index contributed by atoms with van der Waals surface area (Å²) in [4.78, 5) is 4.69. The van der Waals surface area contributed by atoms with Crippen molar-refractivity contribution in [3.8, 4) is 0 Å². The molecule has 0 aliphatic carbocycles. The second-order valence-corrected chi connectivity index (χ2v) is 3.09. The molecule has 0 aliphatic heterocycles. The smallest absolute Gasteiger partial charge is 0.146 e. The lowest BCUT2D eigenvalue weighted by atomic mass is 10.1. The summed E-state index contributed by atoms with van der Waals surface area (Å²) in [5.41, 5.74) is 3.13. The minimum atomic E-state index is -0.402. The van der Waals surface area contributed by atoms with E-state index in [9.17, 15) is 4.39 Å². The van der Waals surface area contributed by atoms with Gasteiger partial charge in [-0.05, 0) is 13.0 Å². The van der Waals surface area contributed by atoms with Gasteiger partial charge in [-0.3, -0.25) is 0 Å². The molecule has 0 bridgehead atoms. The first-order chi connectivity index (χ1) is 6.16. The summed E-state index contributed by atoms with van der Waals surface area (Å²) in [5.74, 6) is -0.402. The molecule has 2 nitrogen and oxygen atoms in total. The van der Waals surface area contributed by atoms with Crippen molar-refractivity contribution in [2.24, 2.45) is 0 Å². The number of hydrogen-bond donors (Lipinski definition) is 1. The van der Waals surface area contributed by atoms with Gasteiger partial charge < -0.3 is 4.84 Å². The lowest BCUT2D eigenvalue weighted by molar-refractivity contribution is 0.0648. The first-order valence-electron chi connectivity index (χ1n) is 3.89. The molecule has 0 amide bonds. The standard InChI is InChI=1S/C9H11ClFNO/c1-6(12-13-2)7-4-3-5-8(10)9(7)11/h3-6,12H,1-2H3. The predicted molar refractivity (Wildman–Crippen MR) is 50.0 cm³/mol. The van der Waals surface area contributed by atoms with E-state index in [0.717, 1.165) is 0 Å². The van der Waals surface area contributed by atoms with E-state index in [2.05, 4.69) is 5.48 Å². The fourth-order valence-corrected chi connectivity index (χ4v) is 1.28. The van der Waals surface area contributed by atoms with Gasteiger partial charge in [-0.15, -0.1) is 0 Å². The maximum Gasteiger partial charge on any atom is 0.146 e. The molecule has 1 aromatic carbocycles. The zero-order valence-electron chi connectivity index (χ0n) is 7.47. The van der Waals surface area contributed by atoms with E-state index < -0.39 is 5.82 Å². The molecule has 0 saturated heterocycles. The molecule has 0 radical (unpaired) electrons. The highest BCUT2D eigenvalue weighted by atomic mass is 35.5. The Balaban J connectivity index is 2.93. The number of benzene rings is 1. The van der Waals surface area contributed by atoms with Crippen LogP contribution >= 0.6 is 11.6 Å². The Bertz CT molecular complexity index is 293. The van der Waals surface area contributed by atoms with E-state index in [0.29, 0.717) is 5.56 Å². The van der Waals surface area contributed by atoms with Gasteiger partial charge in [0.05, 0.1) is 18.2 Å². The van der Waals surface area contributed by atoms with Gasteiger partial charge in [0.15, 0.2) is 0 Å². The molecule has 1 unspecified atom stereocenters. The van der Waals surface area contributed by atoms with Crippen LogP contribution in [0, 0.1) is 5.82 Å². The van der Waals surface area contributed by atoms with Gasteiger partial charge in [-0.25, -0.2) is 4.39 Å². The largest absolute Gasteiger partial charge is 0.305 e. The zero-order chi connectivity index (χ0) is 9.84. The SMILES string of the molecule is CONC(C)c1cccc(Cl)c1F. The Morgan fingerprint density at radius 1 is 1.54 bits per heavy atom. The molecule has 4 heteroatoms. The molecule has 0 spiro atoms. The molecule has 1 N–H and O–H groups in total. The van der Waals surface area contributed by atoms with Gasteiger partial charge in [0, 0.05) is 5.56 Å². The topological polar surface area (TPSA) is 21.3 Å². The zero-order valence-corrected chi connectivity index (χ0v) is 8.23. The van der Waals surface area contributed by atoms with Crippen molar-refractivity contribution in [3.05, 3.63) is 34.6 Å². The van der Waals surface area contributed by atoms with Crippen LogP contribution in [-0.4, -0.2) is 7.11 Å². The Morgan fingerprint density at radius 2 is 2.23 bits per heavy atom. The predicted octanol–water partition coefficient (Wildman–Crippen LogP) is 2.69. The van der Waals surface area contributed by atoms with E-state index in [1.54, 1.807) is 19.1 Å². The van der Waals surface area contributed by atoms with Crippen molar-refractivity contribution in [1.29, 1.82) is 0 Å². The first kappa shape index (κ1) is 10.4. The maximum atomic E-state index is 13.3. The van der Waals surface area contributed by atoms with E-state index in [1.165, 1.54) is 13.2 Å². The van der Waals surface area contributed by atoms with Crippen LogP contribution in [0.15, 0.2) is 18.2 Å². The van der Waals surface area contributed by atoms with E-state index in [-0.39, 0.29) is 11.1 Å². The third-order valence-electron chi connectivity index (χ3n) is 1.74. The highest BCUT2D eigenvalue weighted by Gasteiger charge is 2.12. The van der Waals surface area contributed by atoms with Gasteiger partial charge in [-0.2, -0.15) is 5.48 Å². The van der Waals surface area contributed by atoms with Crippen LogP contribution in [-0.2, 0) is 4.84 Å². The van der Waals surface area contributed by atoms with Crippen molar-refractivity contribution in [2.75, 3.05) is 7.11 Å². The first-order valence-corrected chi connectivity index (χ1v) is 4.27. The lowest BCUT2D eigenvalue weighted by Gasteiger charge is -2.13. The van der Waals surface area contributed by atoms with Gasteiger partial charge in [0.25, 0.3) is 0 Å². The lowest BCUT2D eigenvalue weighted by Crippen LogP contribution is -2.17. The van der Waals surface area contributed by atoms with Gasteiger partial charge >= 0.3 is 0 Å². The average molecular weight is 204 g/mol. The van der Waals surface area contributed by atoms with Crippen LogP contribution in [0.25, 0.3) is 0 Å². The monoisotopic (exact) mass is 203 g/mol. The molecule has 0 aromatic heterocycles. The van der Waals surface area contributed by atoms with Crippen molar-refractivity contribution >= 4 is 11.6 Å². The number of nitrogens with one attached hydrogen (secondary N) is 1. The molecule has 0 saturated carbocycles. The van der Waals surface area contributed by atoms with E-state index in [1.807, 2.05) is 0 Å². The summed E-state index contributed by atoms with van der Waals surface area (Å²) in [7, 11) is 1.49. The second-order valence-electron chi connectivity index (χ2n) is 2.69. The molecular weight excluding hydrogens is 193 g/mol. The molecule has 1 rings (SSSR count). The van der Waals surface area contributed by atoms with Gasteiger partial charge in [0.1, 0.15) is 5.82 Å². The van der Waals surface area contributed by atoms with Crippen molar-refractivity contribution < 1.29 is 9.23 Å². The molecule has 1 atom stereocenters. The third kappa shape index (κ3) is 2.40. The van der Waals surface area contributed by atoms with Crippen molar-refractivity contribution in [1.82, 2.24) is 5.48 Å². The van der Waals surface area contributed by atoms with Crippen LogP contribution < -0.4 is 5.48 Å². The number of hydroxylamine groups is 1.